The maximum atomic E-state index is 11.9. The van der Waals surface area contributed by atoms with Crippen molar-refractivity contribution >= 4 is 22.6 Å². The topological polar surface area (TPSA) is 102 Å². The molecule has 0 saturated heterocycles. The summed E-state index contributed by atoms with van der Waals surface area (Å²) in [6, 6.07) is 16.1. The molecule has 2 aromatic carbocycles. The molecular formula is C21H17N2O3+. The van der Waals surface area contributed by atoms with Gasteiger partial charge in [-0.05, 0) is 36.8 Å². The van der Waals surface area contributed by atoms with Crippen molar-refractivity contribution in [2.24, 2.45) is 0 Å². The Morgan fingerprint density at radius 3 is 2.58 bits per heavy atom. The minimum atomic E-state index is -0.975. The van der Waals surface area contributed by atoms with Crippen molar-refractivity contribution in [3.8, 4) is 22.5 Å². The number of carboxylic acids is 1. The molecule has 0 bridgehead atoms. The van der Waals surface area contributed by atoms with Gasteiger partial charge >= 0.3 is 5.97 Å². The molecule has 128 valence electrons. The summed E-state index contributed by atoms with van der Waals surface area (Å²) in [7, 11) is 0. The van der Waals surface area contributed by atoms with Crippen molar-refractivity contribution in [1.29, 1.82) is 0 Å². The van der Waals surface area contributed by atoms with E-state index < -0.39 is 5.97 Å². The molecule has 5 heteroatoms. The minimum Gasteiger partial charge on any atom is -0.478 e. The number of fused-ring (bicyclic) bond motifs is 2. The number of benzene rings is 3. The van der Waals surface area contributed by atoms with Crippen LogP contribution in [0.25, 0.3) is 33.4 Å². The van der Waals surface area contributed by atoms with Crippen molar-refractivity contribution in [2.45, 2.75) is 6.92 Å². The van der Waals surface area contributed by atoms with Crippen molar-refractivity contribution in [2.75, 3.05) is 5.73 Å². The van der Waals surface area contributed by atoms with Crippen LogP contribution in [0.15, 0.2) is 59.0 Å². The lowest BCUT2D eigenvalue weighted by atomic mass is 9.90. The van der Waals surface area contributed by atoms with Gasteiger partial charge < -0.3 is 15.3 Å². The van der Waals surface area contributed by atoms with Gasteiger partial charge in [0.2, 0.25) is 0 Å². The third-order valence-electron chi connectivity index (χ3n) is 4.44. The van der Waals surface area contributed by atoms with Crippen LogP contribution in [-0.4, -0.2) is 11.1 Å². The van der Waals surface area contributed by atoms with E-state index in [-0.39, 0.29) is 5.56 Å². The number of carbonyl (C=O) groups is 1. The van der Waals surface area contributed by atoms with Crippen molar-refractivity contribution < 1.29 is 19.7 Å². The van der Waals surface area contributed by atoms with Crippen LogP contribution >= 0.6 is 0 Å². The zero-order chi connectivity index (χ0) is 18.4. The maximum absolute atomic E-state index is 11.9. The molecule has 0 aromatic heterocycles. The number of hydrogen-bond acceptors (Lipinski definition) is 3. The average molecular weight is 345 g/mol. The fourth-order valence-corrected chi connectivity index (χ4v) is 3.27. The van der Waals surface area contributed by atoms with Crippen LogP contribution in [0, 0.1) is 6.92 Å². The molecule has 5 N–H and O–H groups in total. The molecule has 2 aromatic rings. The Morgan fingerprint density at radius 1 is 1.04 bits per heavy atom. The molecule has 0 saturated carbocycles. The van der Waals surface area contributed by atoms with Gasteiger partial charge in [-0.3, -0.25) is 5.41 Å². The van der Waals surface area contributed by atoms with E-state index in [1.807, 2.05) is 31.2 Å². The second-order valence-corrected chi connectivity index (χ2v) is 6.34. The van der Waals surface area contributed by atoms with Crippen LogP contribution < -0.4 is 16.5 Å². The second kappa shape index (κ2) is 5.74. The molecule has 26 heavy (non-hydrogen) atoms. The third kappa shape index (κ3) is 2.50. The first-order valence-electron chi connectivity index (χ1n) is 8.13. The van der Waals surface area contributed by atoms with Crippen LogP contribution in [-0.2, 0) is 0 Å². The molecule has 0 fully saturated rings. The second-order valence-electron chi connectivity index (χ2n) is 6.34. The van der Waals surface area contributed by atoms with Crippen molar-refractivity contribution in [3.05, 3.63) is 71.1 Å². The van der Waals surface area contributed by atoms with Gasteiger partial charge in [0.1, 0.15) is 11.3 Å². The number of carboxylic acid groups (broad SMARTS) is 1. The normalized spacial score (nSPS) is 11.1. The summed E-state index contributed by atoms with van der Waals surface area (Å²) >= 11 is 0. The monoisotopic (exact) mass is 345 g/mol. The maximum Gasteiger partial charge on any atom is 0.336 e. The highest BCUT2D eigenvalue weighted by molar-refractivity contribution is 6.07. The van der Waals surface area contributed by atoms with E-state index >= 15 is 0 Å². The third-order valence-corrected chi connectivity index (χ3v) is 4.44. The van der Waals surface area contributed by atoms with Gasteiger partial charge in [0, 0.05) is 34.3 Å². The van der Waals surface area contributed by atoms with Crippen LogP contribution in [0.2, 0.25) is 0 Å². The average Bonchev–Trinajstić information content (AvgIpc) is 2.59. The van der Waals surface area contributed by atoms with E-state index in [9.17, 15) is 9.90 Å². The molecule has 0 atom stereocenters. The smallest absolute Gasteiger partial charge is 0.336 e. The van der Waals surface area contributed by atoms with E-state index in [2.05, 4.69) is 0 Å². The van der Waals surface area contributed by atoms with E-state index in [1.54, 1.807) is 30.3 Å². The summed E-state index contributed by atoms with van der Waals surface area (Å²) in [5.74, 6) is -0.397. The lowest BCUT2D eigenvalue weighted by molar-refractivity contribution is -0.172. The predicted octanol–water partition coefficient (Wildman–Crippen LogP) is 2.45. The Hall–Kier alpha value is -3.60. The first-order valence-corrected chi connectivity index (χ1v) is 8.13. The number of anilines is 1. The quantitative estimate of drug-likeness (QED) is 0.383. The summed E-state index contributed by atoms with van der Waals surface area (Å²) in [5.41, 5.74) is 10.4. The van der Waals surface area contributed by atoms with Crippen LogP contribution in [0.4, 0.5) is 5.69 Å². The van der Waals surface area contributed by atoms with Gasteiger partial charge in [0.05, 0.1) is 11.6 Å². The number of aromatic carboxylic acids is 1. The van der Waals surface area contributed by atoms with Crippen LogP contribution in [0.3, 0.4) is 0 Å². The zero-order valence-electron chi connectivity index (χ0n) is 14.1. The fraction of sp³-hybridized carbons (Fsp3) is 0.0476. The molecule has 4 rings (SSSR count). The number of aryl methyl sites for hydroxylation is 1. The lowest BCUT2D eigenvalue weighted by Gasteiger charge is -2.17. The number of nitrogens with two attached hydrogens (primary N) is 2. The molecule has 5 nitrogen and oxygen atoms in total. The highest BCUT2D eigenvalue weighted by Gasteiger charge is 2.21. The number of nitrogen functional groups attached to an aromatic ring is 1. The standard InChI is InChI=1S/C21H16N2O3/c1-11-2-5-14(17(8-11)21(24)25)20-15-6-3-12(22)9-18(15)26-19-10-13(23)4-7-16(19)20/h2-10,22H,23H2,1H3,(H,24,25)/p+1. The summed E-state index contributed by atoms with van der Waals surface area (Å²) < 4.78 is 5.99. The van der Waals surface area contributed by atoms with Crippen LogP contribution in [0.1, 0.15) is 15.9 Å². The Balaban J connectivity index is 2.21. The molecular weight excluding hydrogens is 328 g/mol. The first-order chi connectivity index (χ1) is 12.4. The lowest BCUT2D eigenvalue weighted by Crippen LogP contribution is -2.44. The van der Waals surface area contributed by atoms with Gasteiger partial charge in [-0.25, -0.2) is 4.79 Å². The predicted molar refractivity (Wildman–Crippen MR) is 99.4 cm³/mol. The molecule has 2 aliphatic rings. The molecule has 1 heterocycles. The van der Waals surface area contributed by atoms with Crippen LogP contribution in [0.5, 0.6) is 0 Å². The fourth-order valence-electron chi connectivity index (χ4n) is 3.27. The summed E-state index contributed by atoms with van der Waals surface area (Å²) in [6.45, 7) is 1.87. The summed E-state index contributed by atoms with van der Waals surface area (Å²) in [6.07, 6.45) is 0. The Bertz CT molecular complexity index is 1210. The molecule has 0 spiro atoms. The molecule has 0 amide bonds. The van der Waals surface area contributed by atoms with Gasteiger partial charge in [-0.2, -0.15) is 0 Å². The highest BCUT2D eigenvalue weighted by Crippen LogP contribution is 2.41. The van der Waals surface area contributed by atoms with Crippen molar-refractivity contribution in [1.82, 2.24) is 0 Å². The Kier molecular flexibility index (Phi) is 3.51. The SMILES string of the molecule is Cc1ccc(-c2c3ccc(=[NH2+])cc-3oc3cc(N)ccc23)c(C(=O)O)c1. The highest BCUT2D eigenvalue weighted by atomic mass is 16.4. The van der Waals surface area contributed by atoms with E-state index in [0.29, 0.717) is 28.0 Å². The van der Waals surface area contributed by atoms with Gasteiger partial charge in [-0.15, -0.1) is 0 Å². The Labute approximate surface area is 149 Å². The summed E-state index contributed by atoms with van der Waals surface area (Å²) in [5, 5.41) is 17.0. The van der Waals surface area contributed by atoms with Gasteiger partial charge in [-0.1, -0.05) is 17.7 Å². The minimum absolute atomic E-state index is 0.243. The van der Waals surface area contributed by atoms with Gasteiger partial charge in [0.15, 0.2) is 5.36 Å². The first kappa shape index (κ1) is 15.9. The van der Waals surface area contributed by atoms with E-state index in [0.717, 1.165) is 22.1 Å². The molecule has 1 aliphatic carbocycles. The largest absolute Gasteiger partial charge is 0.478 e. The number of hydrogen-bond donors (Lipinski definition) is 3. The Morgan fingerprint density at radius 2 is 1.81 bits per heavy atom. The van der Waals surface area contributed by atoms with Gasteiger partial charge in [0.25, 0.3) is 0 Å². The van der Waals surface area contributed by atoms with E-state index in [1.165, 1.54) is 0 Å². The summed E-state index contributed by atoms with van der Waals surface area (Å²) in [4.78, 5) is 11.9. The zero-order valence-corrected chi connectivity index (χ0v) is 14.1. The number of rotatable bonds is 2. The van der Waals surface area contributed by atoms with Crippen molar-refractivity contribution in [3.63, 3.8) is 0 Å². The van der Waals surface area contributed by atoms with E-state index in [4.69, 9.17) is 15.6 Å². The molecule has 1 aliphatic heterocycles. The molecule has 0 unspecified atom stereocenters. The molecule has 0 radical (unpaired) electrons.